The summed E-state index contributed by atoms with van der Waals surface area (Å²) < 4.78 is 0. The molecular formula is C9H8N8S. The molecule has 8 nitrogen and oxygen atoms in total. The van der Waals surface area contributed by atoms with Crippen molar-refractivity contribution in [1.29, 1.82) is 0 Å². The molecule has 90 valence electrons. The first-order valence-electron chi connectivity index (χ1n) is 4.99. The molecule has 3 rings (SSSR count). The highest BCUT2D eigenvalue weighted by Crippen LogP contribution is 2.28. The molecule has 3 aromatic heterocycles. The second kappa shape index (κ2) is 4.55. The van der Waals surface area contributed by atoms with Crippen molar-refractivity contribution in [2.75, 3.05) is 5.43 Å². The number of nitrogens with zero attached hydrogens (tertiary/aromatic N) is 5. The van der Waals surface area contributed by atoms with E-state index < -0.39 is 0 Å². The molecule has 4 N–H and O–H groups in total. The number of nitrogens with one attached hydrogen (secondary N) is 2. The molecule has 3 aromatic rings. The Morgan fingerprint density at radius 2 is 2.06 bits per heavy atom. The van der Waals surface area contributed by atoms with Crippen molar-refractivity contribution in [3.63, 3.8) is 0 Å². The highest BCUT2D eigenvalue weighted by molar-refractivity contribution is 7.99. The van der Waals surface area contributed by atoms with Crippen molar-refractivity contribution in [1.82, 2.24) is 30.1 Å². The summed E-state index contributed by atoms with van der Waals surface area (Å²) >= 11 is 1.32. The van der Waals surface area contributed by atoms with Crippen LogP contribution < -0.4 is 11.3 Å². The molecule has 0 atom stereocenters. The van der Waals surface area contributed by atoms with Crippen molar-refractivity contribution in [2.24, 2.45) is 5.84 Å². The van der Waals surface area contributed by atoms with E-state index in [9.17, 15) is 0 Å². The molecule has 0 saturated heterocycles. The highest BCUT2D eigenvalue weighted by atomic mass is 32.2. The van der Waals surface area contributed by atoms with E-state index in [0.717, 1.165) is 5.39 Å². The Morgan fingerprint density at radius 1 is 1.22 bits per heavy atom. The Bertz CT molecular complexity index is 667. The first-order valence-corrected chi connectivity index (χ1v) is 5.81. The van der Waals surface area contributed by atoms with Gasteiger partial charge in [0, 0.05) is 12.4 Å². The number of aromatic amines is 1. The standard InChI is InChI=1S/C9H8N8S/c10-16-8-14-6-5(4-13-17-6)7(15-8)18-9-11-2-1-3-12-9/h1-4H,10H2,(H2,13,14,15,16,17). The maximum absolute atomic E-state index is 5.32. The average Bonchev–Trinajstić information content (AvgIpc) is 2.88. The number of nitrogens with two attached hydrogens (primary N) is 1. The van der Waals surface area contributed by atoms with Crippen LogP contribution in [-0.2, 0) is 0 Å². The SMILES string of the molecule is NNc1nc(Sc2ncccn2)c2cn[nH]c2n1. The Hall–Kier alpha value is -2.26. The topological polar surface area (TPSA) is 118 Å². The van der Waals surface area contributed by atoms with Gasteiger partial charge in [-0.3, -0.25) is 10.5 Å². The maximum Gasteiger partial charge on any atom is 0.240 e. The van der Waals surface area contributed by atoms with Gasteiger partial charge in [-0.15, -0.1) is 0 Å². The smallest absolute Gasteiger partial charge is 0.240 e. The minimum absolute atomic E-state index is 0.310. The summed E-state index contributed by atoms with van der Waals surface area (Å²) in [6, 6.07) is 1.75. The molecule has 0 unspecified atom stereocenters. The lowest BCUT2D eigenvalue weighted by molar-refractivity contribution is 0.960. The summed E-state index contributed by atoms with van der Waals surface area (Å²) in [7, 11) is 0. The molecule has 0 amide bonds. The summed E-state index contributed by atoms with van der Waals surface area (Å²) in [5, 5.41) is 8.78. The predicted octanol–water partition coefficient (Wildman–Crippen LogP) is 0.580. The van der Waals surface area contributed by atoms with Crippen LogP contribution in [0.2, 0.25) is 0 Å². The number of hydrazine groups is 1. The summed E-state index contributed by atoms with van der Waals surface area (Å²) in [6.45, 7) is 0. The van der Waals surface area contributed by atoms with Crippen molar-refractivity contribution < 1.29 is 0 Å². The van der Waals surface area contributed by atoms with Gasteiger partial charge in [0.05, 0.1) is 11.6 Å². The van der Waals surface area contributed by atoms with Crippen LogP contribution in [0.15, 0.2) is 34.8 Å². The molecular weight excluding hydrogens is 252 g/mol. The third kappa shape index (κ3) is 1.96. The van der Waals surface area contributed by atoms with Crippen LogP contribution in [0.4, 0.5) is 5.95 Å². The van der Waals surface area contributed by atoms with Gasteiger partial charge in [-0.2, -0.15) is 10.1 Å². The Labute approximate surface area is 105 Å². The van der Waals surface area contributed by atoms with Crippen LogP contribution in [-0.4, -0.2) is 30.1 Å². The molecule has 0 bridgehead atoms. The number of aromatic nitrogens is 6. The van der Waals surface area contributed by atoms with Crippen molar-refractivity contribution >= 4 is 28.7 Å². The highest BCUT2D eigenvalue weighted by Gasteiger charge is 2.11. The van der Waals surface area contributed by atoms with Crippen LogP contribution in [0.5, 0.6) is 0 Å². The van der Waals surface area contributed by atoms with Crippen molar-refractivity contribution in [3.8, 4) is 0 Å². The van der Waals surface area contributed by atoms with Crippen LogP contribution in [0.1, 0.15) is 0 Å². The van der Waals surface area contributed by atoms with E-state index >= 15 is 0 Å². The number of anilines is 1. The maximum atomic E-state index is 5.32. The molecule has 0 radical (unpaired) electrons. The van der Waals surface area contributed by atoms with Gasteiger partial charge in [0.25, 0.3) is 0 Å². The van der Waals surface area contributed by atoms with Gasteiger partial charge in [0.15, 0.2) is 10.8 Å². The van der Waals surface area contributed by atoms with Crippen LogP contribution in [0.25, 0.3) is 11.0 Å². The molecule has 0 spiro atoms. The fourth-order valence-corrected chi connectivity index (χ4v) is 2.17. The molecule has 3 heterocycles. The van der Waals surface area contributed by atoms with Crippen LogP contribution >= 0.6 is 11.8 Å². The summed E-state index contributed by atoms with van der Waals surface area (Å²) in [4.78, 5) is 16.7. The molecule has 0 aliphatic carbocycles. The largest absolute Gasteiger partial charge is 0.292 e. The number of H-pyrrole nitrogens is 1. The van der Waals surface area contributed by atoms with Gasteiger partial charge >= 0.3 is 0 Å². The van der Waals surface area contributed by atoms with E-state index in [2.05, 4.69) is 35.6 Å². The second-order valence-corrected chi connectivity index (χ2v) is 4.22. The van der Waals surface area contributed by atoms with E-state index in [1.165, 1.54) is 11.8 Å². The number of nitrogen functional groups attached to an aromatic ring is 1. The van der Waals surface area contributed by atoms with E-state index in [4.69, 9.17) is 5.84 Å². The molecule has 0 saturated carbocycles. The van der Waals surface area contributed by atoms with Crippen LogP contribution in [0, 0.1) is 0 Å². The zero-order valence-electron chi connectivity index (χ0n) is 9.03. The lowest BCUT2D eigenvalue weighted by atomic mass is 10.4. The second-order valence-electron chi connectivity index (χ2n) is 3.26. The van der Waals surface area contributed by atoms with E-state index in [1.54, 1.807) is 24.7 Å². The third-order valence-corrected chi connectivity index (χ3v) is 3.03. The Balaban J connectivity index is 2.07. The lowest BCUT2D eigenvalue weighted by Crippen LogP contribution is -2.10. The molecule has 0 aliphatic rings. The van der Waals surface area contributed by atoms with E-state index in [-0.39, 0.29) is 0 Å². The van der Waals surface area contributed by atoms with Gasteiger partial charge in [0.2, 0.25) is 5.95 Å². The first kappa shape index (κ1) is 10.9. The van der Waals surface area contributed by atoms with E-state index in [0.29, 0.717) is 21.8 Å². The minimum atomic E-state index is 0.310. The first-order chi connectivity index (χ1) is 8.86. The third-order valence-electron chi connectivity index (χ3n) is 2.13. The molecule has 9 heteroatoms. The van der Waals surface area contributed by atoms with Crippen molar-refractivity contribution in [3.05, 3.63) is 24.7 Å². The molecule has 0 fully saturated rings. The fourth-order valence-electron chi connectivity index (χ4n) is 1.38. The predicted molar refractivity (Wildman–Crippen MR) is 65.6 cm³/mol. The number of fused-ring (bicyclic) bond motifs is 1. The number of hydrogen-bond acceptors (Lipinski definition) is 8. The quantitative estimate of drug-likeness (QED) is 0.271. The Kier molecular flexibility index (Phi) is 2.74. The van der Waals surface area contributed by atoms with Crippen LogP contribution in [0.3, 0.4) is 0 Å². The zero-order valence-corrected chi connectivity index (χ0v) is 9.85. The Morgan fingerprint density at radius 3 is 2.83 bits per heavy atom. The van der Waals surface area contributed by atoms with Gasteiger partial charge in [0.1, 0.15) is 5.03 Å². The van der Waals surface area contributed by atoms with E-state index in [1.807, 2.05) is 0 Å². The van der Waals surface area contributed by atoms with Crippen molar-refractivity contribution in [2.45, 2.75) is 10.2 Å². The number of hydrogen-bond donors (Lipinski definition) is 3. The molecule has 0 aromatic carbocycles. The number of rotatable bonds is 3. The molecule has 0 aliphatic heterocycles. The normalized spacial score (nSPS) is 10.7. The summed E-state index contributed by atoms with van der Waals surface area (Å²) in [5.41, 5.74) is 3.02. The minimum Gasteiger partial charge on any atom is -0.292 e. The van der Waals surface area contributed by atoms with Gasteiger partial charge < -0.3 is 0 Å². The van der Waals surface area contributed by atoms with Gasteiger partial charge in [-0.25, -0.2) is 20.8 Å². The fraction of sp³-hybridized carbons (Fsp3) is 0. The zero-order chi connectivity index (χ0) is 12.4. The molecule has 18 heavy (non-hydrogen) atoms. The summed E-state index contributed by atoms with van der Waals surface area (Å²) in [5.74, 6) is 5.63. The monoisotopic (exact) mass is 260 g/mol. The van der Waals surface area contributed by atoms with Gasteiger partial charge in [-0.05, 0) is 17.8 Å². The lowest BCUT2D eigenvalue weighted by Gasteiger charge is -2.03. The average molecular weight is 260 g/mol. The van der Waals surface area contributed by atoms with Gasteiger partial charge in [-0.1, -0.05) is 0 Å². The summed E-state index contributed by atoms with van der Waals surface area (Å²) in [6.07, 6.45) is 5.00.